The van der Waals surface area contributed by atoms with Crippen LogP contribution in [-0.2, 0) is 0 Å². The van der Waals surface area contributed by atoms with Crippen LogP contribution in [0.5, 0.6) is 0 Å². The summed E-state index contributed by atoms with van der Waals surface area (Å²) < 4.78 is 0. The average molecular weight is 250 g/mol. The lowest BCUT2D eigenvalue weighted by atomic mass is 9.81. The van der Waals surface area contributed by atoms with E-state index in [1.807, 2.05) is 0 Å². The van der Waals surface area contributed by atoms with E-state index in [2.05, 4.69) is 24.2 Å². The minimum absolute atomic E-state index is 0.833. The fraction of sp³-hybridized carbons (Fsp3) is 1.00. The van der Waals surface area contributed by atoms with Gasteiger partial charge in [-0.2, -0.15) is 0 Å². The van der Waals surface area contributed by atoms with Gasteiger partial charge in [0.05, 0.1) is 0 Å². The van der Waals surface area contributed by atoms with Crippen molar-refractivity contribution in [3.05, 3.63) is 0 Å². The molecule has 2 nitrogen and oxygen atoms in total. The summed E-state index contributed by atoms with van der Waals surface area (Å²) in [5.41, 5.74) is 0. The zero-order valence-corrected chi connectivity index (χ0v) is 12.2. The third-order valence-corrected chi connectivity index (χ3v) is 5.94. The van der Waals surface area contributed by atoms with Crippen molar-refractivity contribution in [1.82, 2.24) is 10.2 Å². The molecule has 2 saturated heterocycles. The molecule has 2 bridgehead atoms. The predicted octanol–water partition coefficient (Wildman–Crippen LogP) is 3.17. The lowest BCUT2D eigenvalue weighted by Crippen LogP contribution is -2.52. The molecule has 4 unspecified atom stereocenters. The highest BCUT2D eigenvalue weighted by atomic mass is 15.2. The molecule has 2 heteroatoms. The van der Waals surface area contributed by atoms with Crippen LogP contribution in [0.2, 0.25) is 0 Å². The number of fused-ring (bicyclic) bond motifs is 2. The van der Waals surface area contributed by atoms with Gasteiger partial charge in [-0.25, -0.2) is 0 Å². The Morgan fingerprint density at radius 1 is 1.00 bits per heavy atom. The Balaban J connectivity index is 1.64. The molecule has 4 atom stereocenters. The first-order valence-electron chi connectivity index (χ1n) is 8.26. The fourth-order valence-corrected chi connectivity index (χ4v) is 4.83. The summed E-state index contributed by atoms with van der Waals surface area (Å²) in [4.78, 5) is 2.79. The van der Waals surface area contributed by atoms with Crippen LogP contribution in [0, 0.1) is 5.92 Å². The highest BCUT2D eigenvalue weighted by Gasteiger charge is 2.38. The SMILES string of the molecule is CCC1CCCCC1N(C)C1CC2CCC(C1)N2. The van der Waals surface area contributed by atoms with Gasteiger partial charge < -0.3 is 10.2 Å². The minimum Gasteiger partial charge on any atom is -0.311 e. The van der Waals surface area contributed by atoms with Crippen molar-refractivity contribution in [2.24, 2.45) is 5.92 Å². The summed E-state index contributed by atoms with van der Waals surface area (Å²) in [7, 11) is 2.42. The van der Waals surface area contributed by atoms with Crippen molar-refractivity contribution >= 4 is 0 Å². The first-order chi connectivity index (χ1) is 8.78. The molecular formula is C16H30N2. The average Bonchev–Trinajstić information content (AvgIpc) is 2.76. The summed E-state index contributed by atoms with van der Waals surface area (Å²) >= 11 is 0. The van der Waals surface area contributed by atoms with Crippen molar-refractivity contribution in [3.63, 3.8) is 0 Å². The van der Waals surface area contributed by atoms with Crippen LogP contribution in [0.15, 0.2) is 0 Å². The number of nitrogens with zero attached hydrogens (tertiary/aromatic N) is 1. The van der Waals surface area contributed by atoms with Crippen LogP contribution in [-0.4, -0.2) is 36.1 Å². The van der Waals surface area contributed by atoms with Crippen LogP contribution in [0.25, 0.3) is 0 Å². The van der Waals surface area contributed by atoms with E-state index in [0.717, 1.165) is 30.1 Å². The van der Waals surface area contributed by atoms with Crippen LogP contribution in [0.3, 0.4) is 0 Å². The van der Waals surface area contributed by atoms with Crippen LogP contribution >= 0.6 is 0 Å². The largest absolute Gasteiger partial charge is 0.311 e. The molecule has 18 heavy (non-hydrogen) atoms. The van der Waals surface area contributed by atoms with Crippen molar-refractivity contribution in [2.45, 2.75) is 88.9 Å². The monoisotopic (exact) mass is 250 g/mol. The van der Waals surface area contributed by atoms with Gasteiger partial charge in [0.15, 0.2) is 0 Å². The lowest BCUT2D eigenvalue weighted by molar-refractivity contribution is 0.0629. The Morgan fingerprint density at radius 2 is 1.67 bits per heavy atom. The molecule has 0 amide bonds. The van der Waals surface area contributed by atoms with Gasteiger partial charge in [-0.1, -0.05) is 26.2 Å². The van der Waals surface area contributed by atoms with Gasteiger partial charge in [0.25, 0.3) is 0 Å². The van der Waals surface area contributed by atoms with E-state index >= 15 is 0 Å². The van der Waals surface area contributed by atoms with Crippen molar-refractivity contribution < 1.29 is 0 Å². The number of hydrogen-bond donors (Lipinski definition) is 1. The third kappa shape index (κ3) is 2.46. The van der Waals surface area contributed by atoms with E-state index in [0.29, 0.717) is 0 Å². The van der Waals surface area contributed by atoms with Gasteiger partial charge in [-0.15, -0.1) is 0 Å². The minimum atomic E-state index is 0.833. The van der Waals surface area contributed by atoms with E-state index in [9.17, 15) is 0 Å². The lowest BCUT2D eigenvalue weighted by Gasteiger charge is -2.44. The molecular weight excluding hydrogens is 220 g/mol. The van der Waals surface area contributed by atoms with Crippen molar-refractivity contribution in [3.8, 4) is 0 Å². The topological polar surface area (TPSA) is 15.3 Å². The van der Waals surface area contributed by atoms with Crippen LogP contribution in [0.4, 0.5) is 0 Å². The van der Waals surface area contributed by atoms with Gasteiger partial charge in [0.2, 0.25) is 0 Å². The van der Waals surface area contributed by atoms with Gasteiger partial charge in [0.1, 0.15) is 0 Å². The number of piperidine rings is 1. The molecule has 3 rings (SSSR count). The fourth-order valence-electron chi connectivity index (χ4n) is 4.83. The molecule has 0 aromatic rings. The van der Waals surface area contributed by atoms with E-state index in [-0.39, 0.29) is 0 Å². The Hall–Kier alpha value is -0.0800. The number of rotatable bonds is 3. The Labute approximate surface area is 113 Å². The molecule has 0 radical (unpaired) electrons. The summed E-state index contributed by atoms with van der Waals surface area (Å²) in [5, 5.41) is 3.78. The first kappa shape index (κ1) is 12.9. The molecule has 3 aliphatic rings. The van der Waals surface area contributed by atoms with Gasteiger partial charge in [0, 0.05) is 24.2 Å². The summed E-state index contributed by atoms with van der Waals surface area (Å²) in [5.74, 6) is 0.969. The zero-order chi connectivity index (χ0) is 12.5. The number of nitrogens with one attached hydrogen (secondary N) is 1. The summed E-state index contributed by atoms with van der Waals surface area (Å²) in [6, 6.07) is 3.41. The molecule has 0 aromatic heterocycles. The quantitative estimate of drug-likeness (QED) is 0.827. The molecule has 2 heterocycles. The van der Waals surface area contributed by atoms with Gasteiger partial charge in [-0.05, 0) is 51.5 Å². The second-order valence-corrected chi connectivity index (χ2v) is 6.95. The van der Waals surface area contributed by atoms with E-state index in [1.54, 1.807) is 0 Å². The Morgan fingerprint density at radius 3 is 2.33 bits per heavy atom. The molecule has 3 fully saturated rings. The summed E-state index contributed by atoms with van der Waals surface area (Å²) in [6.45, 7) is 2.39. The maximum absolute atomic E-state index is 3.78. The Bertz CT molecular complexity index is 266. The van der Waals surface area contributed by atoms with Crippen LogP contribution in [0.1, 0.15) is 64.7 Å². The predicted molar refractivity (Wildman–Crippen MR) is 76.8 cm³/mol. The second-order valence-electron chi connectivity index (χ2n) is 6.95. The molecule has 0 spiro atoms. The second kappa shape index (κ2) is 5.50. The van der Waals surface area contributed by atoms with E-state index < -0.39 is 0 Å². The molecule has 1 aliphatic carbocycles. The smallest absolute Gasteiger partial charge is 0.0125 e. The summed E-state index contributed by atoms with van der Waals surface area (Å²) in [6.07, 6.45) is 12.9. The van der Waals surface area contributed by atoms with Crippen molar-refractivity contribution in [1.29, 1.82) is 0 Å². The molecule has 1 N–H and O–H groups in total. The van der Waals surface area contributed by atoms with E-state index in [4.69, 9.17) is 0 Å². The highest BCUT2D eigenvalue weighted by molar-refractivity contribution is 4.97. The third-order valence-electron chi connectivity index (χ3n) is 5.94. The molecule has 104 valence electrons. The zero-order valence-electron chi connectivity index (χ0n) is 12.2. The maximum atomic E-state index is 3.78. The van der Waals surface area contributed by atoms with Crippen LogP contribution < -0.4 is 5.32 Å². The van der Waals surface area contributed by atoms with E-state index in [1.165, 1.54) is 57.8 Å². The number of hydrogen-bond acceptors (Lipinski definition) is 2. The molecule has 1 saturated carbocycles. The normalized spacial score (nSPS) is 44.5. The van der Waals surface area contributed by atoms with Gasteiger partial charge in [-0.3, -0.25) is 0 Å². The Kier molecular flexibility index (Phi) is 3.95. The molecule has 0 aromatic carbocycles. The molecule has 2 aliphatic heterocycles. The maximum Gasteiger partial charge on any atom is 0.0125 e. The first-order valence-corrected chi connectivity index (χ1v) is 8.26. The standard InChI is InChI=1S/C16H30N2/c1-3-12-6-4-5-7-16(12)18(2)15-10-13-8-9-14(11-15)17-13/h12-17H,3-11H2,1-2H3. The highest BCUT2D eigenvalue weighted by Crippen LogP contribution is 2.35. The van der Waals surface area contributed by atoms with Crippen molar-refractivity contribution in [2.75, 3.05) is 7.05 Å². The van der Waals surface area contributed by atoms with Gasteiger partial charge >= 0.3 is 0 Å².